The summed E-state index contributed by atoms with van der Waals surface area (Å²) in [5.41, 5.74) is 2.26. The first-order chi connectivity index (χ1) is 12.8. The quantitative estimate of drug-likeness (QED) is 0.233. The summed E-state index contributed by atoms with van der Waals surface area (Å²) in [4.78, 5) is 28.3. The van der Waals surface area contributed by atoms with Gasteiger partial charge in [0.1, 0.15) is 18.2 Å². The van der Waals surface area contributed by atoms with E-state index in [4.69, 9.17) is 11.7 Å². The molecule has 0 amide bonds. The van der Waals surface area contributed by atoms with Gasteiger partial charge < -0.3 is 10.9 Å². The first-order valence-corrected chi connectivity index (χ1v) is 8.75. The molecule has 1 unspecified atom stereocenters. The molecule has 148 valence electrons. The van der Waals surface area contributed by atoms with Crippen LogP contribution in [-0.4, -0.2) is 32.0 Å². The smallest absolute Gasteiger partial charge is 0.326 e. The van der Waals surface area contributed by atoms with Gasteiger partial charge in [-0.3, -0.25) is 14.4 Å². The van der Waals surface area contributed by atoms with Crippen LogP contribution < -0.4 is 17.2 Å². The van der Waals surface area contributed by atoms with Gasteiger partial charge in [0, 0.05) is 23.8 Å². The Morgan fingerprint density at radius 1 is 1.41 bits per heavy atom. The van der Waals surface area contributed by atoms with Gasteiger partial charge in [-0.25, -0.2) is 15.6 Å². The standard InChI is InChI=1S/C16H22N6O3.C2H6/c1-9(2)6-11(10(3)21(18)8-19-17)12-7-15(23)22-13(16(24)25)4-5-14(22)20-12;1-2/h6-8,13H,4-5,17-18H2,1-3H3,(H,24,25);1-2H3/b11-10-,19-8-;. The van der Waals surface area contributed by atoms with Crippen molar-refractivity contribution in [2.24, 2.45) is 16.8 Å². The number of carboxylic acids is 1. The number of allylic oxidation sites excluding steroid dienone is 4. The molecule has 1 aromatic heterocycles. The maximum absolute atomic E-state index is 12.5. The molecule has 2 heterocycles. The largest absolute Gasteiger partial charge is 0.480 e. The molecule has 0 aromatic carbocycles. The minimum Gasteiger partial charge on any atom is -0.480 e. The van der Waals surface area contributed by atoms with E-state index in [-0.39, 0.29) is 0 Å². The maximum Gasteiger partial charge on any atom is 0.326 e. The lowest BCUT2D eigenvalue weighted by Gasteiger charge is -2.17. The Kier molecular flexibility index (Phi) is 7.92. The molecule has 9 heteroatoms. The van der Waals surface area contributed by atoms with Gasteiger partial charge in [-0.2, -0.15) is 5.10 Å². The molecule has 0 bridgehead atoms. The predicted molar refractivity (Wildman–Crippen MR) is 106 cm³/mol. The number of hydrazine groups is 1. The van der Waals surface area contributed by atoms with Gasteiger partial charge in [0.15, 0.2) is 0 Å². The Morgan fingerprint density at radius 2 is 2.04 bits per heavy atom. The molecule has 9 nitrogen and oxygen atoms in total. The second-order valence-corrected chi connectivity index (χ2v) is 6.05. The molecule has 0 fully saturated rings. The summed E-state index contributed by atoms with van der Waals surface area (Å²) in [5.74, 6) is 10.4. The zero-order chi connectivity index (χ0) is 20.7. The normalized spacial score (nSPS) is 16.1. The number of nitrogens with two attached hydrogens (primary N) is 2. The average molecular weight is 376 g/mol. The molecular formula is C18H28N6O3. The minimum absolute atomic E-state index is 0.352. The van der Waals surface area contributed by atoms with Crippen molar-refractivity contribution in [3.63, 3.8) is 0 Å². The molecule has 0 radical (unpaired) electrons. The monoisotopic (exact) mass is 376 g/mol. The van der Waals surface area contributed by atoms with Crippen molar-refractivity contribution in [3.05, 3.63) is 45.3 Å². The number of hydrazone groups is 1. The van der Waals surface area contributed by atoms with Crippen molar-refractivity contribution < 1.29 is 9.90 Å². The lowest BCUT2D eigenvalue weighted by molar-refractivity contribution is -0.140. The van der Waals surface area contributed by atoms with Crippen molar-refractivity contribution in [1.82, 2.24) is 14.6 Å². The fourth-order valence-corrected chi connectivity index (χ4v) is 2.77. The Bertz CT molecular complexity index is 834. The van der Waals surface area contributed by atoms with Crippen LogP contribution in [0, 0.1) is 0 Å². The number of nitrogens with zero attached hydrogens (tertiary/aromatic N) is 4. The van der Waals surface area contributed by atoms with Crippen LogP contribution in [0.3, 0.4) is 0 Å². The lowest BCUT2D eigenvalue weighted by atomic mass is 10.1. The summed E-state index contributed by atoms with van der Waals surface area (Å²) in [6.07, 6.45) is 3.87. The van der Waals surface area contributed by atoms with Gasteiger partial charge in [-0.05, 0) is 27.2 Å². The third-order valence-electron chi connectivity index (χ3n) is 3.94. The van der Waals surface area contributed by atoms with E-state index in [0.717, 1.165) is 5.57 Å². The number of rotatable bonds is 5. The topological polar surface area (TPSA) is 140 Å². The number of aliphatic carboxylic acids is 1. The molecule has 27 heavy (non-hydrogen) atoms. The van der Waals surface area contributed by atoms with E-state index in [2.05, 4.69) is 10.1 Å². The van der Waals surface area contributed by atoms with Crippen LogP contribution in [0.5, 0.6) is 0 Å². The van der Waals surface area contributed by atoms with Gasteiger partial charge in [0.2, 0.25) is 0 Å². The number of hydrogen-bond acceptors (Lipinski definition) is 6. The fourth-order valence-electron chi connectivity index (χ4n) is 2.77. The molecular weight excluding hydrogens is 348 g/mol. The van der Waals surface area contributed by atoms with E-state index in [1.807, 2.05) is 33.8 Å². The molecule has 5 N–H and O–H groups in total. The van der Waals surface area contributed by atoms with Crippen LogP contribution in [0.2, 0.25) is 0 Å². The van der Waals surface area contributed by atoms with Crippen LogP contribution in [-0.2, 0) is 11.2 Å². The summed E-state index contributed by atoms with van der Waals surface area (Å²) < 4.78 is 1.24. The molecule has 0 saturated heterocycles. The van der Waals surface area contributed by atoms with Crippen molar-refractivity contribution in [2.75, 3.05) is 0 Å². The van der Waals surface area contributed by atoms with Crippen molar-refractivity contribution in [3.8, 4) is 0 Å². The molecule has 0 spiro atoms. The number of fused-ring (bicyclic) bond motifs is 1. The lowest BCUT2D eigenvalue weighted by Crippen LogP contribution is -2.30. The van der Waals surface area contributed by atoms with E-state index in [9.17, 15) is 14.7 Å². The van der Waals surface area contributed by atoms with Crippen LogP contribution in [0.4, 0.5) is 0 Å². The summed E-state index contributed by atoms with van der Waals surface area (Å²) >= 11 is 0. The molecule has 1 aromatic rings. The number of hydrogen-bond donors (Lipinski definition) is 3. The number of aromatic nitrogens is 2. The van der Waals surface area contributed by atoms with E-state index < -0.39 is 17.6 Å². The molecule has 0 saturated carbocycles. The van der Waals surface area contributed by atoms with Gasteiger partial charge in [-0.1, -0.05) is 25.5 Å². The van der Waals surface area contributed by atoms with E-state index in [1.54, 1.807) is 6.92 Å². The molecule has 2 rings (SSSR count). The van der Waals surface area contributed by atoms with Crippen LogP contribution in [0.15, 0.2) is 33.3 Å². The number of aryl methyl sites for hydroxylation is 1. The Morgan fingerprint density at radius 3 is 2.56 bits per heavy atom. The molecule has 1 atom stereocenters. The second-order valence-electron chi connectivity index (χ2n) is 6.05. The van der Waals surface area contributed by atoms with Crippen LogP contribution in [0.25, 0.3) is 5.57 Å². The van der Waals surface area contributed by atoms with Crippen LogP contribution in [0.1, 0.15) is 58.6 Å². The molecule has 0 aliphatic carbocycles. The van der Waals surface area contributed by atoms with E-state index >= 15 is 0 Å². The van der Waals surface area contributed by atoms with E-state index in [0.29, 0.717) is 35.6 Å². The van der Waals surface area contributed by atoms with Crippen molar-refractivity contribution in [1.29, 1.82) is 0 Å². The minimum atomic E-state index is -1.03. The van der Waals surface area contributed by atoms with Gasteiger partial charge in [0.05, 0.1) is 5.69 Å². The first-order valence-electron chi connectivity index (χ1n) is 8.75. The SMILES string of the molecule is CC.CC(C)=C/C(=C(\C)N(N)/C=N\N)c1cc(=O)n2c(n1)CCC2C(=O)O. The highest BCUT2D eigenvalue weighted by molar-refractivity contribution is 5.77. The highest BCUT2D eigenvalue weighted by Gasteiger charge is 2.30. The van der Waals surface area contributed by atoms with E-state index in [1.165, 1.54) is 22.0 Å². The predicted octanol–water partition coefficient (Wildman–Crippen LogP) is 1.62. The zero-order valence-electron chi connectivity index (χ0n) is 16.4. The maximum atomic E-state index is 12.5. The second kappa shape index (κ2) is 9.67. The highest BCUT2D eigenvalue weighted by Crippen LogP contribution is 2.26. The Labute approximate surface area is 158 Å². The molecule has 1 aliphatic heterocycles. The Hall–Kier alpha value is -2.94. The fraction of sp³-hybridized carbons (Fsp3) is 0.444. The average Bonchev–Trinajstić information content (AvgIpc) is 3.05. The summed E-state index contributed by atoms with van der Waals surface area (Å²) in [6.45, 7) is 9.57. The van der Waals surface area contributed by atoms with Gasteiger partial charge in [0.25, 0.3) is 5.56 Å². The summed E-state index contributed by atoms with van der Waals surface area (Å²) in [5, 5.41) is 13.9. The number of carbonyl (C=O) groups is 1. The Balaban J connectivity index is 0.00000176. The first kappa shape index (κ1) is 22.1. The van der Waals surface area contributed by atoms with Crippen molar-refractivity contribution >= 4 is 17.9 Å². The van der Waals surface area contributed by atoms with Gasteiger partial charge in [-0.15, -0.1) is 0 Å². The zero-order valence-corrected chi connectivity index (χ0v) is 16.4. The third-order valence-corrected chi connectivity index (χ3v) is 3.94. The number of carboxylic acid groups (broad SMARTS) is 1. The summed E-state index contributed by atoms with van der Waals surface area (Å²) in [7, 11) is 0. The van der Waals surface area contributed by atoms with Crippen molar-refractivity contribution in [2.45, 2.75) is 53.5 Å². The third kappa shape index (κ3) is 5.04. The van der Waals surface area contributed by atoms with Gasteiger partial charge >= 0.3 is 5.97 Å². The summed E-state index contributed by atoms with van der Waals surface area (Å²) in [6, 6.07) is 0.465. The molecule has 1 aliphatic rings. The van der Waals surface area contributed by atoms with Crippen LogP contribution >= 0.6 is 0 Å². The highest BCUT2D eigenvalue weighted by atomic mass is 16.4.